The van der Waals surface area contributed by atoms with Gasteiger partial charge in [0.25, 0.3) is 0 Å². The van der Waals surface area contributed by atoms with Gasteiger partial charge >= 0.3 is 0 Å². The molecule has 0 aliphatic carbocycles. The largest absolute Gasteiger partial charge is 0.381 e. The summed E-state index contributed by atoms with van der Waals surface area (Å²) in [7, 11) is 0. The van der Waals surface area contributed by atoms with Gasteiger partial charge in [-0.15, -0.1) is 0 Å². The molecule has 0 atom stereocenters. The normalized spacial score (nSPS) is 10.7. The van der Waals surface area contributed by atoms with Crippen molar-refractivity contribution in [3.8, 4) is 5.69 Å². The highest BCUT2D eigenvalue weighted by Gasteiger charge is 2.15. The fourth-order valence-corrected chi connectivity index (χ4v) is 3.28. The van der Waals surface area contributed by atoms with Gasteiger partial charge in [-0.2, -0.15) is 5.10 Å². The molecule has 0 aliphatic heterocycles. The van der Waals surface area contributed by atoms with Crippen molar-refractivity contribution in [2.24, 2.45) is 0 Å². The third-order valence-corrected chi connectivity index (χ3v) is 4.82. The molecule has 1 amide bonds. The van der Waals surface area contributed by atoms with E-state index in [1.165, 1.54) is 6.92 Å². The molecule has 3 aromatic rings. The molecule has 0 spiro atoms. The van der Waals surface area contributed by atoms with E-state index in [9.17, 15) is 4.79 Å². The van der Waals surface area contributed by atoms with E-state index in [1.54, 1.807) is 4.68 Å². The summed E-state index contributed by atoms with van der Waals surface area (Å²) in [6, 6.07) is 13.2. The number of nitrogens with one attached hydrogen (secondary N) is 2. The Labute approximate surface area is 168 Å². The van der Waals surface area contributed by atoms with E-state index in [0.29, 0.717) is 16.7 Å². The van der Waals surface area contributed by atoms with Crippen LogP contribution in [0, 0.1) is 13.8 Å². The van der Waals surface area contributed by atoms with Crippen LogP contribution in [0.15, 0.2) is 42.5 Å². The molecule has 5 nitrogen and oxygen atoms in total. The van der Waals surface area contributed by atoms with Gasteiger partial charge in [0, 0.05) is 35.4 Å². The molecule has 0 saturated heterocycles. The smallest absolute Gasteiger partial charge is 0.221 e. The molecule has 140 valence electrons. The number of hydrogen-bond acceptors (Lipinski definition) is 3. The summed E-state index contributed by atoms with van der Waals surface area (Å²) < 4.78 is 1.68. The van der Waals surface area contributed by atoms with Crippen molar-refractivity contribution in [1.29, 1.82) is 0 Å². The molecule has 27 heavy (non-hydrogen) atoms. The summed E-state index contributed by atoms with van der Waals surface area (Å²) in [6.07, 6.45) is 0. The highest BCUT2D eigenvalue weighted by molar-refractivity contribution is 6.31. The SMILES string of the molecule is CC(=O)Nc1cc(NCc2c(C)nn(-c3cccc(Cl)c3)c2Cl)ccc1C. The molecule has 7 heteroatoms. The third kappa shape index (κ3) is 4.43. The predicted octanol–water partition coefficient (Wildman–Crippen LogP) is 5.37. The lowest BCUT2D eigenvalue weighted by atomic mass is 10.1. The number of anilines is 2. The van der Waals surface area contributed by atoms with Crippen molar-refractivity contribution in [2.45, 2.75) is 27.3 Å². The van der Waals surface area contributed by atoms with Gasteiger partial charge in [0.2, 0.25) is 5.91 Å². The summed E-state index contributed by atoms with van der Waals surface area (Å²) in [5.74, 6) is -0.100. The van der Waals surface area contributed by atoms with Crippen LogP contribution in [0.1, 0.15) is 23.7 Å². The molecular weight excluding hydrogens is 383 g/mol. The van der Waals surface area contributed by atoms with Gasteiger partial charge < -0.3 is 10.6 Å². The molecule has 0 unspecified atom stereocenters. The molecule has 2 N–H and O–H groups in total. The first-order chi connectivity index (χ1) is 12.8. The first kappa shape index (κ1) is 19.3. The molecule has 0 radical (unpaired) electrons. The van der Waals surface area contributed by atoms with Crippen LogP contribution >= 0.6 is 23.2 Å². The molecule has 0 saturated carbocycles. The first-order valence-corrected chi connectivity index (χ1v) is 9.23. The van der Waals surface area contributed by atoms with E-state index in [0.717, 1.165) is 33.9 Å². The van der Waals surface area contributed by atoms with Crippen LogP contribution in [0.3, 0.4) is 0 Å². The van der Waals surface area contributed by atoms with E-state index in [1.807, 2.05) is 56.3 Å². The van der Waals surface area contributed by atoms with Crippen molar-refractivity contribution in [1.82, 2.24) is 9.78 Å². The van der Waals surface area contributed by atoms with E-state index in [2.05, 4.69) is 15.7 Å². The lowest BCUT2D eigenvalue weighted by Crippen LogP contribution is -2.08. The molecule has 0 fully saturated rings. The van der Waals surface area contributed by atoms with Crippen LogP contribution < -0.4 is 10.6 Å². The number of carbonyl (C=O) groups is 1. The van der Waals surface area contributed by atoms with Crippen molar-refractivity contribution < 1.29 is 4.79 Å². The van der Waals surface area contributed by atoms with Crippen LogP contribution in [0.5, 0.6) is 0 Å². The van der Waals surface area contributed by atoms with Crippen molar-refractivity contribution in [3.05, 3.63) is 69.5 Å². The Morgan fingerprint density at radius 2 is 1.93 bits per heavy atom. The van der Waals surface area contributed by atoms with Crippen LogP contribution in [-0.2, 0) is 11.3 Å². The van der Waals surface area contributed by atoms with Gasteiger partial charge in [-0.1, -0.05) is 35.3 Å². The number of amides is 1. The van der Waals surface area contributed by atoms with Crippen molar-refractivity contribution >= 4 is 40.5 Å². The monoisotopic (exact) mass is 402 g/mol. The van der Waals surface area contributed by atoms with Gasteiger partial charge in [0.05, 0.1) is 11.4 Å². The highest BCUT2D eigenvalue weighted by Crippen LogP contribution is 2.27. The fourth-order valence-electron chi connectivity index (χ4n) is 2.76. The Morgan fingerprint density at radius 1 is 1.15 bits per heavy atom. The zero-order valence-corrected chi connectivity index (χ0v) is 16.8. The molecular formula is C20H20Cl2N4O. The summed E-state index contributed by atoms with van der Waals surface area (Å²) in [4.78, 5) is 11.3. The Bertz CT molecular complexity index is 998. The zero-order chi connectivity index (χ0) is 19.6. The summed E-state index contributed by atoms with van der Waals surface area (Å²) in [6.45, 7) is 5.87. The summed E-state index contributed by atoms with van der Waals surface area (Å²) in [5.41, 5.74) is 5.21. The van der Waals surface area contributed by atoms with Crippen LogP contribution in [0.4, 0.5) is 11.4 Å². The maximum absolute atomic E-state index is 11.3. The van der Waals surface area contributed by atoms with Gasteiger partial charge in [-0.05, 0) is 49.7 Å². The fraction of sp³-hybridized carbons (Fsp3) is 0.200. The number of aromatic nitrogens is 2. The van der Waals surface area contributed by atoms with E-state index < -0.39 is 0 Å². The summed E-state index contributed by atoms with van der Waals surface area (Å²) in [5, 5.41) is 11.9. The lowest BCUT2D eigenvalue weighted by molar-refractivity contribution is -0.114. The summed E-state index contributed by atoms with van der Waals surface area (Å²) >= 11 is 12.6. The van der Waals surface area contributed by atoms with Gasteiger partial charge in [0.1, 0.15) is 5.15 Å². The average Bonchev–Trinajstić information content (AvgIpc) is 2.89. The third-order valence-electron chi connectivity index (χ3n) is 4.19. The maximum atomic E-state index is 11.3. The topological polar surface area (TPSA) is 59.0 Å². The van der Waals surface area contributed by atoms with Crippen molar-refractivity contribution in [3.63, 3.8) is 0 Å². The average molecular weight is 403 g/mol. The van der Waals surface area contributed by atoms with Crippen LogP contribution in [0.25, 0.3) is 5.69 Å². The minimum Gasteiger partial charge on any atom is -0.381 e. The number of benzene rings is 2. The quantitative estimate of drug-likeness (QED) is 0.603. The maximum Gasteiger partial charge on any atom is 0.221 e. The molecule has 2 aromatic carbocycles. The molecule has 1 heterocycles. The minimum absolute atomic E-state index is 0.100. The van der Waals surface area contributed by atoms with Gasteiger partial charge in [0.15, 0.2) is 0 Å². The highest BCUT2D eigenvalue weighted by atomic mass is 35.5. The Hall–Kier alpha value is -2.50. The first-order valence-electron chi connectivity index (χ1n) is 8.47. The standard InChI is InChI=1S/C20H20Cl2N4O/c1-12-7-8-16(10-19(12)24-14(3)27)23-11-18-13(2)25-26(20(18)22)17-6-4-5-15(21)9-17/h4-10,23H,11H2,1-3H3,(H,24,27). The number of carbonyl (C=O) groups excluding carboxylic acids is 1. The predicted molar refractivity (Wildman–Crippen MR) is 111 cm³/mol. The number of rotatable bonds is 5. The second-order valence-corrected chi connectivity index (χ2v) is 7.11. The van der Waals surface area contributed by atoms with E-state index in [-0.39, 0.29) is 5.91 Å². The van der Waals surface area contributed by atoms with Gasteiger partial charge in [-0.25, -0.2) is 4.68 Å². The molecule has 3 rings (SSSR count). The molecule has 0 aliphatic rings. The minimum atomic E-state index is -0.100. The van der Waals surface area contributed by atoms with Gasteiger partial charge in [-0.3, -0.25) is 4.79 Å². The molecule has 1 aromatic heterocycles. The lowest BCUT2D eigenvalue weighted by Gasteiger charge is -2.11. The number of hydrogen-bond donors (Lipinski definition) is 2. The number of nitrogens with zero attached hydrogens (tertiary/aromatic N) is 2. The van der Waals surface area contributed by atoms with Crippen LogP contribution in [-0.4, -0.2) is 15.7 Å². The number of aryl methyl sites for hydroxylation is 2. The zero-order valence-electron chi connectivity index (χ0n) is 15.3. The molecule has 0 bridgehead atoms. The Kier molecular flexibility index (Phi) is 5.73. The van der Waals surface area contributed by atoms with E-state index >= 15 is 0 Å². The number of halogens is 2. The van der Waals surface area contributed by atoms with Crippen LogP contribution in [0.2, 0.25) is 10.2 Å². The second-order valence-electron chi connectivity index (χ2n) is 6.31. The van der Waals surface area contributed by atoms with E-state index in [4.69, 9.17) is 23.2 Å². The Balaban J connectivity index is 1.82. The Morgan fingerprint density at radius 3 is 2.63 bits per heavy atom. The van der Waals surface area contributed by atoms with Crippen molar-refractivity contribution in [2.75, 3.05) is 10.6 Å². The second kappa shape index (κ2) is 8.03.